The quantitative estimate of drug-likeness (QED) is 0.931. The van der Waals surface area contributed by atoms with Crippen molar-refractivity contribution in [3.05, 3.63) is 16.8 Å². The van der Waals surface area contributed by atoms with Gasteiger partial charge in [-0.2, -0.15) is 0 Å². The summed E-state index contributed by atoms with van der Waals surface area (Å²) in [6.07, 6.45) is 6.08. The highest BCUT2D eigenvalue weighted by atomic mass is 32.1. The van der Waals surface area contributed by atoms with Gasteiger partial charge in [0.15, 0.2) is 0 Å². The van der Waals surface area contributed by atoms with Crippen LogP contribution >= 0.6 is 11.3 Å². The number of hydrogen-bond donors (Lipinski definition) is 1. The summed E-state index contributed by atoms with van der Waals surface area (Å²) in [5.74, 6) is 0.947. The second-order valence-electron chi connectivity index (χ2n) is 6.18. The second-order valence-corrected chi connectivity index (χ2v) is 7.39. The van der Waals surface area contributed by atoms with Gasteiger partial charge in [-0.25, -0.2) is 9.97 Å². The Morgan fingerprint density at radius 3 is 3.00 bits per heavy atom. The highest BCUT2D eigenvalue weighted by molar-refractivity contribution is 7.18. The van der Waals surface area contributed by atoms with Gasteiger partial charge in [0, 0.05) is 17.5 Å². The summed E-state index contributed by atoms with van der Waals surface area (Å²) in [6.45, 7) is 7.53. The predicted molar refractivity (Wildman–Crippen MR) is 95.0 cm³/mol. The number of thiophene rings is 1. The molecular formula is C17H24N4OS. The van der Waals surface area contributed by atoms with Gasteiger partial charge < -0.3 is 10.2 Å². The average Bonchev–Trinajstić information content (AvgIpc) is 2.87. The van der Waals surface area contributed by atoms with Crippen LogP contribution in [0.5, 0.6) is 0 Å². The van der Waals surface area contributed by atoms with Gasteiger partial charge in [-0.1, -0.05) is 6.92 Å². The first kappa shape index (κ1) is 16.2. The number of hydrogen-bond acceptors (Lipinski definition) is 5. The van der Waals surface area contributed by atoms with E-state index in [2.05, 4.69) is 36.1 Å². The Morgan fingerprint density at radius 1 is 1.39 bits per heavy atom. The standard InChI is InChI=1S/C17H24N4OS/c1-4-13-7-5-6-8-21(13)14(22)9-18-16-15-11(2)12(3)23-17(15)20-10-19-16/h10,13H,4-9H2,1-3H3,(H,18,19,20). The van der Waals surface area contributed by atoms with Crippen LogP contribution in [0.25, 0.3) is 10.2 Å². The minimum Gasteiger partial charge on any atom is -0.360 e. The summed E-state index contributed by atoms with van der Waals surface area (Å²) in [5.41, 5.74) is 1.20. The Bertz CT molecular complexity index is 712. The number of likely N-dealkylation sites (tertiary alicyclic amines) is 1. The summed E-state index contributed by atoms with van der Waals surface area (Å²) in [5, 5.41) is 4.30. The number of nitrogens with zero attached hydrogens (tertiary/aromatic N) is 3. The molecule has 3 heterocycles. The van der Waals surface area contributed by atoms with Crippen LogP contribution in [0.15, 0.2) is 6.33 Å². The summed E-state index contributed by atoms with van der Waals surface area (Å²) in [6, 6.07) is 0.397. The largest absolute Gasteiger partial charge is 0.360 e. The van der Waals surface area contributed by atoms with E-state index in [0.717, 1.165) is 41.8 Å². The maximum Gasteiger partial charge on any atom is 0.242 e. The zero-order valence-corrected chi connectivity index (χ0v) is 14.9. The third-order valence-electron chi connectivity index (χ3n) is 4.79. The maximum absolute atomic E-state index is 12.6. The van der Waals surface area contributed by atoms with Crippen molar-refractivity contribution in [1.29, 1.82) is 0 Å². The Kier molecular flexibility index (Phi) is 4.80. The molecule has 0 bridgehead atoms. The molecule has 2 aromatic heterocycles. The number of rotatable bonds is 4. The van der Waals surface area contributed by atoms with Crippen molar-refractivity contribution in [3.8, 4) is 0 Å². The van der Waals surface area contributed by atoms with Gasteiger partial charge in [0.1, 0.15) is 17.0 Å². The van der Waals surface area contributed by atoms with E-state index in [1.165, 1.54) is 16.9 Å². The van der Waals surface area contributed by atoms with E-state index >= 15 is 0 Å². The van der Waals surface area contributed by atoms with Gasteiger partial charge in [0.25, 0.3) is 0 Å². The van der Waals surface area contributed by atoms with Crippen molar-refractivity contribution < 1.29 is 4.79 Å². The van der Waals surface area contributed by atoms with Gasteiger partial charge in [-0.05, 0) is 45.1 Å². The third-order valence-corrected chi connectivity index (χ3v) is 5.91. The van der Waals surface area contributed by atoms with Crippen LogP contribution in [0.2, 0.25) is 0 Å². The highest BCUT2D eigenvalue weighted by Gasteiger charge is 2.25. The molecule has 5 nitrogen and oxygen atoms in total. The SMILES string of the molecule is CCC1CCCCN1C(=O)CNc1ncnc2sc(C)c(C)c12. The molecule has 1 unspecified atom stereocenters. The first-order valence-corrected chi connectivity index (χ1v) is 9.17. The van der Waals surface area contributed by atoms with E-state index in [-0.39, 0.29) is 5.91 Å². The normalized spacial score (nSPS) is 18.4. The average molecular weight is 332 g/mol. The maximum atomic E-state index is 12.6. The first-order valence-electron chi connectivity index (χ1n) is 8.35. The van der Waals surface area contributed by atoms with E-state index < -0.39 is 0 Å². The number of amides is 1. The Labute approximate surface area is 141 Å². The van der Waals surface area contributed by atoms with Crippen LogP contribution in [0.3, 0.4) is 0 Å². The van der Waals surface area contributed by atoms with Crippen LogP contribution in [-0.4, -0.2) is 39.9 Å². The molecule has 0 saturated carbocycles. The van der Waals surface area contributed by atoms with E-state index in [1.807, 2.05) is 4.90 Å². The Hall–Kier alpha value is -1.69. The monoisotopic (exact) mass is 332 g/mol. The lowest BCUT2D eigenvalue weighted by atomic mass is 10.00. The number of fused-ring (bicyclic) bond motifs is 1. The van der Waals surface area contributed by atoms with Crippen LogP contribution in [0.1, 0.15) is 43.0 Å². The van der Waals surface area contributed by atoms with Gasteiger partial charge in [-0.3, -0.25) is 4.79 Å². The zero-order chi connectivity index (χ0) is 16.4. The molecule has 1 amide bonds. The molecule has 3 rings (SSSR count). The van der Waals surface area contributed by atoms with Crippen molar-refractivity contribution in [1.82, 2.24) is 14.9 Å². The number of piperidine rings is 1. The number of aromatic nitrogens is 2. The fourth-order valence-electron chi connectivity index (χ4n) is 3.33. The summed E-state index contributed by atoms with van der Waals surface area (Å²) in [4.78, 5) is 25.5. The van der Waals surface area contributed by atoms with Crippen molar-refractivity contribution in [3.63, 3.8) is 0 Å². The molecule has 1 fully saturated rings. The van der Waals surface area contributed by atoms with Crippen LogP contribution in [0.4, 0.5) is 5.82 Å². The van der Waals surface area contributed by atoms with E-state index in [4.69, 9.17) is 0 Å². The molecule has 1 N–H and O–H groups in total. The molecular weight excluding hydrogens is 308 g/mol. The molecule has 23 heavy (non-hydrogen) atoms. The van der Waals surface area contributed by atoms with Crippen LogP contribution < -0.4 is 5.32 Å². The topological polar surface area (TPSA) is 58.1 Å². The van der Waals surface area contributed by atoms with Crippen LogP contribution in [0, 0.1) is 13.8 Å². The predicted octanol–water partition coefficient (Wildman–Crippen LogP) is 3.51. The third kappa shape index (κ3) is 3.17. The molecule has 124 valence electrons. The molecule has 0 radical (unpaired) electrons. The second kappa shape index (κ2) is 6.83. The molecule has 0 aliphatic carbocycles. The minimum atomic E-state index is 0.174. The smallest absolute Gasteiger partial charge is 0.242 e. The van der Waals surface area contributed by atoms with Crippen molar-refractivity contribution in [2.75, 3.05) is 18.4 Å². The zero-order valence-electron chi connectivity index (χ0n) is 14.1. The fraction of sp³-hybridized carbons (Fsp3) is 0.588. The van der Waals surface area contributed by atoms with Crippen molar-refractivity contribution in [2.45, 2.75) is 52.5 Å². The van der Waals surface area contributed by atoms with Gasteiger partial charge in [0.05, 0.1) is 11.9 Å². The van der Waals surface area contributed by atoms with Crippen LogP contribution in [-0.2, 0) is 4.79 Å². The van der Waals surface area contributed by atoms with E-state index in [9.17, 15) is 4.79 Å². The molecule has 0 spiro atoms. The number of anilines is 1. The van der Waals surface area contributed by atoms with Gasteiger partial charge >= 0.3 is 0 Å². The molecule has 1 saturated heterocycles. The van der Waals surface area contributed by atoms with Gasteiger partial charge in [0.2, 0.25) is 5.91 Å². The molecule has 1 atom stereocenters. The Balaban J connectivity index is 1.74. The lowest BCUT2D eigenvalue weighted by molar-refractivity contribution is -0.133. The number of nitrogens with one attached hydrogen (secondary N) is 1. The Morgan fingerprint density at radius 2 is 2.22 bits per heavy atom. The fourth-order valence-corrected chi connectivity index (χ4v) is 4.33. The number of carbonyl (C=O) groups is 1. The first-order chi connectivity index (χ1) is 11.1. The molecule has 6 heteroatoms. The van der Waals surface area contributed by atoms with Crippen molar-refractivity contribution >= 4 is 33.3 Å². The summed E-state index contributed by atoms with van der Waals surface area (Å²) in [7, 11) is 0. The number of carbonyl (C=O) groups excluding carboxylic acids is 1. The highest BCUT2D eigenvalue weighted by Crippen LogP contribution is 2.32. The minimum absolute atomic E-state index is 0.174. The molecule has 2 aromatic rings. The van der Waals surface area contributed by atoms with Gasteiger partial charge in [-0.15, -0.1) is 11.3 Å². The molecule has 1 aliphatic heterocycles. The lowest BCUT2D eigenvalue weighted by Gasteiger charge is -2.35. The molecule has 1 aliphatic rings. The summed E-state index contributed by atoms with van der Waals surface area (Å²) < 4.78 is 0. The molecule has 0 aromatic carbocycles. The summed E-state index contributed by atoms with van der Waals surface area (Å²) >= 11 is 1.67. The van der Waals surface area contributed by atoms with E-state index in [0.29, 0.717) is 12.6 Å². The lowest BCUT2D eigenvalue weighted by Crippen LogP contribution is -2.45. The van der Waals surface area contributed by atoms with E-state index in [1.54, 1.807) is 17.7 Å². The van der Waals surface area contributed by atoms with Crippen molar-refractivity contribution in [2.24, 2.45) is 0 Å². The number of aryl methyl sites for hydroxylation is 2.